The fraction of sp³-hybridized carbons (Fsp3) is 0.471. The van der Waals surface area contributed by atoms with Crippen molar-refractivity contribution in [1.29, 1.82) is 0 Å². The number of aliphatic carboxylic acids is 1. The average Bonchev–Trinajstić information content (AvgIpc) is 2.41. The van der Waals surface area contributed by atoms with Crippen LogP contribution in [0.3, 0.4) is 0 Å². The molecule has 0 aromatic heterocycles. The lowest BCUT2D eigenvalue weighted by molar-refractivity contribution is -0.136. The van der Waals surface area contributed by atoms with Gasteiger partial charge in [-0.25, -0.2) is 4.79 Å². The Morgan fingerprint density at radius 1 is 1.20 bits per heavy atom. The zero-order valence-corrected chi connectivity index (χ0v) is 12.6. The van der Waals surface area contributed by atoms with Gasteiger partial charge >= 0.3 is 5.97 Å². The van der Waals surface area contributed by atoms with Gasteiger partial charge in [0.15, 0.2) is 0 Å². The highest BCUT2D eigenvalue weighted by Gasteiger charge is 2.09. The maximum atomic E-state index is 11.2. The first kappa shape index (κ1) is 16.3. The van der Waals surface area contributed by atoms with Crippen LogP contribution in [0.4, 0.5) is 0 Å². The molecule has 1 aromatic carbocycles. The quantitative estimate of drug-likeness (QED) is 0.437. The van der Waals surface area contributed by atoms with E-state index in [1.165, 1.54) is 5.56 Å². The van der Waals surface area contributed by atoms with E-state index in [1.54, 1.807) is 6.08 Å². The molecule has 1 N–H and O–H groups in total. The van der Waals surface area contributed by atoms with E-state index in [0.717, 1.165) is 36.8 Å². The van der Waals surface area contributed by atoms with Crippen LogP contribution in [-0.4, -0.2) is 17.7 Å². The predicted molar refractivity (Wildman–Crippen MR) is 81.6 cm³/mol. The van der Waals surface area contributed by atoms with E-state index < -0.39 is 5.97 Å². The molecule has 1 rings (SSSR count). The third-order valence-corrected chi connectivity index (χ3v) is 3.29. The zero-order valence-electron chi connectivity index (χ0n) is 12.6. The normalized spacial score (nSPS) is 11.4. The highest BCUT2D eigenvalue weighted by molar-refractivity contribution is 5.89. The van der Waals surface area contributed by atoms with Gasteiger partial charge in [0.05, 0.1) is 6.61 Å². The molecule has 0 bridgehead atoms. The minimum absolute atomic E-state index is 0.0183. The van der Waals surface area contributed by atoms with Crippen LogP contribution in [0.2, 0.25) is 0 Å². The maximum absolute atomic E-state index is 11.2. The van der Waals surface area contributed by atoms with Gasteiger partial charge in [-0.1, -0.05) is 44.4 Å². The molecule has 0 aliphatic rings. The standard InChI is InChI=1S/C17H24O3/c1-4-5-6-7-10-20-16(17(18)19)12-15-9-8-13(2)14(3)11-15/h8-9,11-12H,4-7,10H2,1-3H3,(H,18,19). The third-order valence-electron chi connectivity index (χ3n) is 3.29. The van der Waals surface area contributed by atoms with Crippen molar-refractivity contribution in [1.82, 2.24) is 0 Å². The smallest absolute Gasteiger partial charge is 0.371 e. The molecule has 0 radical (unpaired) electrons. The van der Waals surface area contributed by atoms with Gasteiger partial charge in [0.25, 0.3) is 0 Å². The van der Waals surface area contributed by atoms with Gasteiger partial charge in [-0.15, -0.1) is 0 Å². The second-order valence-corrected chi connectivity index (χ2v) is 5.07. The molecule has 0 saturated carbocycles. The molecule has 110 valence electrons. The van der Waals surface area contributed by atoms with Crippen LogP contribution in [0.15, 0.2) is 24.0 Å². The number of ether oxygens (including phenoxy) is 1. The van der Waals surface area contributed by atoms with Gasteiger partial charge in [-0.3, -0.25) is 0 Å². The van der Waals surface area contributed by atoms with Gasteiger partial charge in [-0.05, 0) is 43.0 Å². The number of carboxylic acids is 1. The number of hydrogen-bond acceptors (Lipinski definition) is 2. The minimum atomic E-state index is -1.02. The summed E-state index contributed by atoms with van der Waals surface area (Å²) in [5, 5.41) is 9.17. The Hall–Kier alpha value is -1.77. The van der Waals surface area contributed by atoms with E-state index in [0.29, 0.717) is 6.61 Å². The van der Waals surface area contributed by atoms with Crippen LogP contribution in [0.5, 0.6) is 0 Å². The Balaban J connectivity index is 2.67. The fourth-order valence-corrected chi connectivity index (χ4v) is 1.88. The molecule has 0 unspecified atom stereocenters. The number of benzene rings is 1. The lowest BCUT2D eigenvalue weighted by atomic mass is 10.1. The van der Waals surface area contributed by atoms with E-state index in [4.69, 9.17) is 9.84 Å². The second-order valence-electron chi connectivity index (χ2n) is 5.07. The molecule has 1 aromatic rings. The number of hydrogen-bond donors (Lipinski definition) is 1. The van der Waals surface area contributed by atoms with E-state index >= 15 is 0 Å². The fourth-order valence-electron chi connectivity index (χ4n) is 1.88. The Bertz CT molecular complexity index is 475. The van der Waals surface area contributed by atoms with Crippen LogP contribution < -0.4 is 0 Å². The summed E-state index contributed by atoms with van der Waals surface area (Å²) in [5.41, 5.74) is 3.20. The van der Waals surface area contributed by atoms with Crippen molar-refractivity contribution in [2.24, 2.45) is 0 Å². The summed E-state index contributed by atoms with van der Waals surface area (Å²) in [4.78, 5) is 11.2. The molecule has 0 atom stereocenters. The summed E-state index contributed by atoms with van der Waals surface area (Å²) in [6.45, 7) is 6.65. The van der Waals surface area contributed by atoms with E-state index in [2.05, 4.69) is 6.92 Å². The van der Waals surface area contributed by atoms with Gasteiger partial charge < -0.3 is 9.84 Å². The van der Waals surface area contributed by atoms with Crippen LogP contribution >= 0.6 is 0 Å². The highest BCUT2D eigenvalue weighted by Crippen LogP contribution is 2.14. The number of carboxylic acid groups (broad SMARTS) is 1. The van der Waals surface area contributed by atoms with Crippen molar-refractivity contribution < 1.29 is 14.6 Å². The lowest BCUT2D eigenvalue weighted by Crippen LogP contribution is -2.06. The van der Waals surface area contributed by atoms with E-state index in [9.17, 15) is 4.79 Å². The van der Waals surface area contributed by atoms with E-state index in [1.807, 2.05) is 32.0 Å². The monoisotopic (exact) mass is 276 g/mol. The Kier molecular flexibility index (Phi) is 6.85. The molecule has 0 aliphatic heterocycles. The highest BCUT2D eigenvalue weighted by atomic mass is 16.5. The summed E-state index contributed by atoms with van der Waals surface area (Å²) >= 11 is 0. The molecule has 0 spiro atoms. The van der Waals surface area contributed by atoms with Gasteiger partial charge in [-0.2, -0.15) is 0 Å². The number of rotatable bonds is 8. The molecule has 3 heteroatoms. The maximum Gasteiger partial charge on any atom is 0.371 e. The van der Waals surface area contributed by atoms with E-state index in [-0.39, 0.29) is 5.76 Å². The number of unbranched alkanes of at least 4 members (excludes halogenated alkanes) is 3. The molecule has 0 fully saturated rings. The van der Waals surface area contributed by atoms with Crippen molar-refractivity contribution in [3.05, 3.63) is 40.6 Å². The molecular weight excluding hydrogens is 252 g/mol. The Labute approximate surface area is 121 Å². The average molecular weight is 276 g/mol. The first-order valence-corrected chi connectivity index (χ1v) is 7.19. The second kappa shape index (κ2) is 8.41. The molecule has 0 aliphatic carbocycles. The zero-order chi connectivity index (χ0) is 15.0. The summed E-state index contributed by atoms with van der Waals surface area (Å²) in [6, 6.07) is 5.87. The number of carbonyl (C=O) groups is 1. The minimum Gasteiger partial charge on any atom is -0.487 e. The topological polar surface area (TPSA) is 46.5 Å². The van der Waals surface area contributed by atoms with Crippen LogP contribution in [0.25, 0.3) is 6.08 Å². The SMILES string of the molecule is CCCCCCOC(=Cc1ccc(C)c(C)c1)C(=O)O. The molecular formula is C17H24O3. The van der Waals surface area contributed by atoms with Crippen LogP contribution in [0.1, 0.15) is 49.3 Å². The van der Waals surface area contributed by atoms with Crippen LogP contribution in [-0.2, 0) is 9.53 Å². The first-order valence-electron chi connectivity index (χ1n) is 7.19. The van der Waals surface area contributed by atoms with Crippen LogP contribution in [0, 0.1) is 13.8 Å². The van der Waals surface area contributed by atoms with Gasteiger partial charge in [0.1, 0.15) is 0 Å². The van der Waals surface area contributed by atoms with Crippen molar-refractivity contribution >= 4 is 12.0 Å². The van der Waals surface area contributed by atoms with Gasteiger partial charge in [0.2, 0.25) is 5.76 Å². The summed E-state index contributed by atoms with van der Waals surface area (Å²) in [7, 11) is 0. The molecule has 20 heavy (non-hydrogen) atoms. The molecule has 0 saturated heterocycles. The predicted octanol–water partition coefficient (Wildman–Crippen LogP) is 4.33. The molecule has 0 amide bonds. The molecule has 3 nitrogen and oxygen atoms in total. The summed E-state index contributed by atoms with van der Waals surface area (Å²) in [5.74, 6) is -0.997. The summed E-state index contributed by atoms with van der Waals surface area (Å²) < 4.78 is 5.39. The van der Waals surface area contributed by atoms with Crippen molar-refractivity contribution in [2.45, 2.75) is 46.5 Å². The van der Waals surface area contributed by atoms with Gasteiger partial charge in [0, 0.05) is 0 Å². The van der Waals surface area contributed by atoms with Crippen molar-refractivity contribution in [2.75, 3.05) is 6.61 Å². The Morgan fingerprint density at radius 3 is 2.55 bits per heavy atom. The first-order chi connectivity index (χ1) is 9.54. The summed E-state index contributed by atoms with van der Waals surface area (Å²) in [6.07, 6.45) is 5.88. The molecule has 0 heterocycles. The number of aryl methyl sites for hydroxylation is 2. The lowest BCUT2D eigenvalue weighted by Gasteiger charge is -2.07. The largest absolute Gasteiger partial charge is 0.487 e. The van der Waals surface area contributed by atoms with Crippen molar-refractivity contribution in [3.63, 3.8) is 0 Å². The Morgan fingerprint density at radius 2 is 1.95 bits per heavy atom. The third kappa shape index (κ3) is 5.47. The van der Waals surface area contributed by atoms with Crippen molar-refractivity contribution in [3.8, 4) is 0 Å².